The van der Waals surface area contributed by atoms with Crippen molar-refractivity contribution in [2.75, 3.05) is 22.6 Å². The zero-order valence-electron chi connectivity index (χ0n) is 17.7. The molecular formula is C23H25ClN6O2. The van der Waals surface area contributed by atoms with Gasteiger partial charge >= 0.3 is 0 Å². The minimum absolute atomic E-state index is 0.130. The third-order valence-electron chi connectivity index (χ3n) is 6.74. The van der Waals surface area contributed by atoms with E-state index < -0.39 is 0 Å². The van der Waals surface area contributed by atoms with Gasteiger partial charge in [-0.1, -0.05) is 23.8 Å². The Balaban J connectivity index is 1.37. The lowest BCUT2D eigenvalue weighted by Crippen LogP contribution is -2.41. The number of allylic oxidation sites excluding steroid dienone is 1. The molecule has 1 aromatic carbocycles. The van der Waals surface area contributed by atoms with E-state index in [0.717, 1.165) is 36.2 Å². The first-order valence-electron chi connectivity index (χ1n) is 10.8. The highest BCUT2D eigenvalue weighted by molar-refractivity contribution is 6.32. The van der Waals surface area contributed by atoms with Crippen LogP contribution in [0.2, 0.25) is 5.02 Å². The highest BCUT2D eigenvalue weighted by Gasteiger charge is 2.47. The fourth-order valence-electron chi connectivity index (χ4n) is 5.15. The van der Waals surface area contributed by atoms with E-state index in [1.165, 1.54) is 6.20 Å². The Bertz CT molecular complexity index is 1120. The molecule has 1 aliphatic heterocycles. The summed E-state index contributed by atoms with van der Waals surface area (Å²) in [5.41, 5.74) is 8.53. The Hall–Kier alpha value is -3.13. The van der Waals surface area contributed by atoms with Crippen molar-refractivity contribution in [3.05, 3.63) is 47.1 Å². The number of hydrogen-bond donors (Lipinski definition) is 3. The summed E-state index contributed by atoms with van der Waals surface area (Å²) in [4.78, 5) is 34.7. The Kier molecular flexibility index (Phi) is 5.25. The molecule has 0 spiro atoms. The number of nitrogens with two attached hydrogens (primary N) is 1. The van der Waals surface area contributed by atoms with Crippen LogP contribution in [0.15, 0.2) is 36.5 Å². The van der Waals surface area contributed by atoms with Crippen molar-refractivity contribution in [2.45, 2.75) is 31.7 Å². The molecule has 0 saturated heterocycles. The Labute approximate surface area is 191 Å². The Morgan fingerprint density at radius 2 is 2.06 bits per heavy atom. The topological polar surface area (TPSA) is 113 Å². The summed E-state index contributed by atoms with van der Waals surface area (Å²) in [6.07, 6.45) is 8.87. The molecule has 8 nitrogen and oxygen atoms in total. The zero-order chi connectivity index (χ0) is 22.4. The number of hydrogen-bond acceptors (Lipinski definition) is 6. The second-order valence-electron chi connectivity index (χ2n) is 8.71. The minimum atomic E-state index is -0.309. The van der Waals surface area contributed by atoms with Crippen molar-refractivity contribution in [3.63, 3.8) is 0 Å². The van der Waals surface area contributed by atoms with Gasteiger partial charge in [-0.3, -0.25) is 9.59 Å². The van der Waals surface area contributed by atoms with Crippen LogP contribution in [0.4, 0.5) is 23.1 Å². The van der Waals surface area contributed by atoms with E-state index in [0.29, 0.717) is 23.2 Å². The molecule has 1 saturated carbocycles. The first kappa shape index (κ1) is 20.8. The molecular weight excluding hydrogens is 428 g/mol. The Morgan fingerprint density at radius 1 is 1.25 bits per heavy atom. The highest BCUT2D eigenvalue weighted by Crippen LogP contribution is 2.45. The van der Waals surface area contributed by atoms with E-state index in [9.17, 15) is 9.59 Å². The number of fused-ring (bicyclic) bond motifs is 3. The maximum atomic E-state index is 12.1. The first-order valence-corrected chi connectivity index (χ1v) is 11.2. The molecule has 2 heterocycles. The number of benzene rings is 1. The van der Waals surface area contributed by atoms with Crippen molar-refractivity contribution < 1.29 is 9.59 Å². The second kappa shape index (κ2) is 8.09. The van der Waals surface area contributed by atoms with Crippen molar-refractivity contribution in [1.29, 1.82) is 0 Å². The summed E-state index contributed by atoms with van der Waals surface area (Å²) in [5, 5.41) is 6.96. The summed E-state index contributed by atoms with van der Waals surface area (Å²) in [5.74, 6) is 0.798. The average Bonchev–Trinajstić information content (AvgIpc) is 3.34. The lowest BCUT2D eigenvalue weighted by Gasteiger charge is -2.27. The SMILES string of the molecule is CN1C(=O)CCCc2cc(Nc3ncc(Cl)c(N[C@@H]4[C@H](C(N)=O)[C@H]5C=C[C@@H]4C5)n3)ccc21. The normalized spacial score (nSPS) is 26.1. The van der Waals surface area contributed by atoms with Crippen LogP contribution in [0.1, 0.15) is 24.8 Å². The number of carbonyl (C=O) groups excluding carboxylic acids is 2. The zero-order valence-corrected chi connectivity index (χ0v) is 18.5. The number of amides is 2. The largest absolute Gasteiger partial charge is 0.369 e. The third kappa shape index (κ3) is 3.68. The molecule has 1 fully saturated rings. The van der Waals surface area contributed by atoms with Crippen molar-refractivity contribution >= 4 is 46.6 Å². The van der Waals surface area contributed by atoms with E-state index in [1.54, 1.807) is 4.90 Å². The molecule has 166 valence electrons. The molecule has 0 radical (unpaired) electrons. The molecule has 5 rings (SSSR count). The van der Waals surface area contributed by atoms with E-state index in [4.69, 9.17) is 17.3 Å². The molecule has 9 heteroatoms. The number of aromatic nitrogens is 2. The second-order valence-corrected chi connectivity index (χ2v) is 9.12. The van der Waals surface area contributed by atoms with Gasteiger partial charge in [0.1, 0.15) is 5.02 Å². The predicted octanol–water partition coefficient (Wildman–Crippen LogP) is 3.26. The number of halogens is 1. The molecule has 2 aromatic rings. The number of anilines is 4. The monoisotopic (exact) mass is 452 g/mol. The summed E-state index contributed by atoms with van der Waals surface area (Å²) < 4.78 is 0. The van der Waals surface area contributed by atoms with Gasteiger partial charge in [-0.25, -0.2) is 4.98 Å². The fourth-order valence-corrected chi connectivity index (χ4v) is 5.29. The number of aryl methyl sites for hydroxylation is 1. The lowest BCUT2D eigenvalue weighted by atomic mass is 9.88. The van der Waals surface area contributed by atoms with Gasteiger partial charge in [-0.15, -0.1) is 0 Å². The number of nitrogens with one attached hydrogen (secondary N) is 2. The molecule has 32 heavy (non-hydrogen) atoms. The van der Waals surface area contributed by atoms with Crippen molar-refractivity contribution in [1.82, 2.24) is 9.97 Å². The van der Waals surface area contributed by atoms with Gasteiger partial charge in [0.15, 0.2) is 5.82 Å². The van der Waals surface area contributed by atoms with Gasteiger partial charge in [0, 0.05) is 30.9 Å². The predicted molar refractivity (Wildman–Crippen MR) is 124 cm³/mol. The smallest absolute Gasteiger partial charge is 0.229 e. The van der Waals surface area contributed by atoms with Gasteiger partial charge in [-0.2, -0.15) is 4.98 Å². The van der Waals surface area contributed by atoms with Crippen LogP contribution in [-0.2, 0) is 16.0 Å². The maximum Gasteiger partial charge on any atom is 0.229 e. The van der Waals surface area contributed by atoms with Gasteiger partial charge in [0.05, 0.1) is 12.1 Å². The molecule has 3 aliphatic rings. The average molecular weight is 453 g/mol. The quantitative estimate of drug-likeness (QED) is 0.600. The van der Waals surface area contributed by atoms with E-state index in [-0.39, 0.29) is 35.6 Å². The van der Waals surface area contributed by atoms with Gasteiger partial charge < -0.3 is 21.3 Å². The molecule has 0 unspecified atom stereocenters. The van der Waals surface area contributed by atoms with Crippen LogP contribution in [-0.4, -0.2) is 34.9 Å². The molecule has 2 amide bonds. The van der Waals surface area contributed by atoms with Crippen LogP contribution in [0, 0.1) is 17.8 Å². The summed E-state index contributed by atoms with van der Waals surface area (Å²) >= 11 is 6.36. The molecule has 4 N–H and O–H groups in total. The third-order valence-corrected chi connectivity index (χ3v) is 7.02. The molecule has 4 atom stereocenters. The molecule has 1 aromatic heterocycles. The lowest BCUT2D eigenvalue weighted by molar-refractivity contribution is -0.122. The fraction of sp³-hybridized carbons (Fsp3) is 0.391. The van der Waals surface area contributed by atoms with Gasteiger partial charge in [0.2, 0.25) is 17.8 Å². The molecule has 2 bridgehead atoms. The van der Waals surface area contributed by atoms with Crippen LogP contribution in [0.3, 0.4) is 0 Å². The minimum Gasteiger partial charge on any atom is -0.369 e. The van der Waals surface area contributed by atoms with E-state index in [2.05, 4.69) is 32.8 Å². The van der Waals surface area contributed by atoms with Gasteiger partial charge in [0.25, 0.3) is 0 Å². The van der Waals surface area contributed by atoms with E-state index >= 15 is 0 Å². The van der Waals surface area contributed by atoms with Crippen LogP contribution in [0.25, 0.3) is 0 Å². The highest BCUT2D eigenvalue weighted by atomic mass is 35.5. The summed E-state index contributed by atoms with van der Waals surface area (Å²) in [7, 11) is 1.81. The number of primary amides is 1. The van der Waals surface area contributed by atoms with Crippen LogP contribution < -0.4 is 21.3 Å². The summed E-state index contributed by atoms with van der Waals surface area (Å²) in [6.45, 7) is 0. The number of nitrogens with zero attached hydrogens (tertiary/aromatic N) is 3. The van der Waals surface area contributed by atoms with Crippen molar-refractivity contribution in [2.24, 2.45) is 23.5 Å². The number of rotatable bonds is 5. The van der Waals surface area contributed by atoms with Gasteiger partial charge in [-0.05, 0) is 54.9 Å². The molecule has 2 aliphatic carbocycles. The summed E-state index contributed by atoms with van der Waals surface area (Å²) in [6, 6.07) is 5.74. The van der Waals surface area contributed by atoms with E-state index in [1.807, 2.05) is 25.2 Å². The standard InChI is InChI=1S/C23H25ClN6O2/c1-30-17-8-7-15(10-12(17)3-2-4-18(30)31)27-23-26-11-16(24)22(29-23)28-20-14-6-5-13(9-14)19(20)21(25)32/h5-8,10-11,13-14,19-20H,2-4,9H2,1H3,(H2,25,32)(H2,26,27,28,29)/t13-,14+,19+,20-/m0/s1. The van der Waals surface area contributed by atoms with Crippen LogP contribution in [0.5, 0.6) is 0 Å². The maximum absolute atomic E-state index is 12.1. The first-order chi connectivity index (χ1) is 15.4. The number of carbonyl (C=O) groups is 2. The van der Waals surface area contributed by atoms with Crippen LogP contribution >= 0.6 is 11.6 Å². The van der Waals surface area contributed by atoms with Crippen molar-refractivity contribution in [3.8, 4) is 0 Å². The Morgan fingerprint density at radius 3 is 2.88 bits per heavy atom.